The van der Waals surface area contributed by atoms with Crippen LogP contribution < -0.4 is 10.6 Å². The topological polar surface area (TPSA) is 84.0 Å². The first-order valence-electron chi connectivity index (χ1n) is 7.17. The molecule has 1 heterocycles. The van der Waals surface area contributed by atoms with Crippen LogP contribution >= 0.6 is 0 Å². The van der Waals surface area contributed by atoms with Gasteiger partial charge in [0.05, 0.1) is 5.75 Å². The molecule has 2 N–H and O–H groups in total. The summed E-state index contributed by atoms with van der Waals surface area (Å²) < 4.78 is 22.2. The summed E-state index contributed by atoms with van der Waals surface area (Å²) in [6.07, 6.45) is 1.81. The molecule has 0 saturated heterocycles. The number of hydrogen-bond acceptors (Lipinski definition) is 6. The van der Waals surface area contributed by atoms with Gasteiger partial charge in [0.1, 0.15) is 27.3 Å². The Hall–Kier alpha value is -1.37. The van der Waals surface area contributed by atoms with E-state index in [2.05, 4.69) is 41.4 Å². The average Bonchev–Trinajstić information content (AvgIpc) is 2.33. The van der Waals surface area contributed by atoms with E-state index in [4.69, 9.17) is 0 Å². The number of rotatable bonds is 7. The van der Waals surface area contributed by atoms with E-state index in [1.807, 2.05) is 13.0 Å². The van der Waals surface area contributed by atoms with E-state index in [9.17, 15) is 8.42 Å². The van der Waals surface area contributed by atoms with Crippen LogP contribution in [-0.2, 0) is 15.3 Å². The monoisotopic (exact) mass is 314 g/mol. The molecule has 0 spiro atoms. The molecule has 1 rings (SSSR count). The van der Waals surface area contributed by atoms with Crippen LogP contribution in [0.4, 0.5) is 11.6 Å². The second-order valence-corrected chi connectivity index (χ2v) is 8.41. The first-order chi connectivity index (χ1) is 9.62. The Kier molecular flexibility index (Phi) is 5.95. The molecule has 0 aliphatic carbocycles. The molecular weight excluding hydrogens is 288 g/mol. The van der Waals surface area contributed by atoms with E-state index in [1.165, 1.54) is 6.26 Å². The van der Waals surface area contributed by atoms with Gasteiger partial charge in [0.15, 0.2) is 0 Å². The van der Waals surface area contributed by atoms with Gasteiger partial charge < -0.3 is 10.6 Å². The van der Waals surface area contributed by atoms with Gasteiger partial charge in [-0.2, -0.15) is 0 Å². The Morgan fingerprint density at radius 2 is 1.71 bits per heavy atom. The highest BCUT2D eigenvalue weighted by Gasteiger charge is 2.19. The maximum Gasteiger partial charge on any atom is 0.147 e. The van der Waals surface area contributed by atoms with Crippen LogP contribution in [0, 0.1) is 0 Å². The molecule has 0 saturated carbocycles. The summed E-state index contributed by atoms with van der Waals surface area (Å²) in [4.78, 5) is 9.01. The van der Waals surface area contributed by atoms with Gasteiger partial charge in [0.2, 0.25) is 0 Å². The summed E-state index contributed by atoms with van der Waals surface area (Å²) in [6, 6.07) is 1.85. The lowest BCUT2D eigenvalue weighted by molar-refractivity contribution is 0.546. The molecule has 0 atom stereocenters. The van der Waals surface area contributed by atoms with Crippen molar-refractivity contribution in [1.82, 2.24) is 9.97 Å². The largest absolute Gasteiger partial charge is 0.370 e. The molecule has 7 heteroatoms. The average molecular weight is 314 g/mol. The van der Waals surface area contributed by atoms with Gasteiger partial charge in [-0.15, -0.1) is 0 Å². The summed E-state index contributed by atoms with van der Waals surface area (Å²) in [5.74, 6) is 2.44. The van der Waals surface area contributed by atoms with Crippen molar-refractivity contribution in [3.05, 3.63) is 11.9 Å². The van der Waals surface area contributed by atoms with Crippen LogP contribution in [0.2, 0.25) is 0 Å². The highest BCUT2D eigenvalue weighted by Crippen LogP contribution is 2.22. The molecule has 0 unspecified atom stereocenters. The molecule has 0 aliphatic rings. The SMILES string of the molecule is CCNc1cc(NCCCS(C)(=O)=O)nc(C(C)(C)C)n1. The number of sulfone groups is 1. The number of aromatic nitrogens is 2. The van der Waals surface area contributed by atoms with E-state index in [-0.39, 0.29) is 11.2 Å². The second-order valence-electron chi connectivity index (χ2n) is 6.15. The second kappa shape index (κ2) is 7.06. The summed E-state index contributed by atoms with van der Waals surface area (Å²) in [5, 5.41) is 6.36. The van der Waals surface area contributed by atoms with Gasteiger partial charge >= 0.3 is 0 Å². The molecule has 0 bridgehead atoms. The molecular formula is C14H26N4O2S. The van der Waals surface area contributed by atoms with Gasteiger partial charge in [-0.3, -0.25) is 0 Å². The maximum atomic E-state index is 11.1. The van der Waals surface area contributed by atoms with E-state index >= 15 is 0 Å². The molecule has 0 amide bonds. The van der Waals surface area contributed by atoms with Crippen molar-refractivity contribution in [3.8, 4) is 0 Å². The molecule has 1 aromatic rings. The van der Waals surface area contributed by atoms with Gasteiger partial charge in [-0.1, -0.05) is 20.8 Å². The van der Waals surface area contributed by atoms with Crippen molar-refractivity contribution in [2.24, 2.45) is 0 Å². The molecule has 0 aliphatic heterocycles. The molecule has 1 aromatic heterocycles. The fraction of sp³-hybridized carbons (Fsp3) is 0.714. The number of hydrogen-bond donors (Lipinski definition) is 2. The Bertz CT molecular complexity index is 565. The van der Waals surface area contributed by atoms with Gasteiger partial charge in [-0.05, 0) is 13.3 Å². The lowest BCUT2D eigenvalue weighted by Gasteiger charge is -2.19. The summed E-state index contributed by atoms with van der Waals surface area (Å²) in [6.45, 7) is 9.55. The molecule has 120 valence electrons. The summed E-state index contributed by atoms with van der Waals surface area (Å²) >= 11 is 0. The third kappa shape index (κ3) is 6.75. The highest BCUT2D eigenvalue weighted by molar-refractivity contribution is 7.90. The Morgan fingerprint density at radius 1 is 1.14 bits per heavy atom. The van der Waals surface area contributed by atoms with Crippen molar-refractivity contribution >= 4 is 21.5 Å². The van der Waals surface area contributed by atoms with Crippen LogP contribution in [0.5, 0.6) is 0 Å². The smallest absolute Gasteiger partial charge is 0.147 e. The van der Waals surface area contributed by atoms with Crippen LogP contribution in [0.1, 0.15) is 39.9 Å². The third-order valence-corrected chi connectivity index (χ3v) is 3.78. The van der Waals surface area contributed by atoms with E-state index in [1.54, 1.807) is 0 Å². The van der Waals surface area contributed by atoms with Crippen molar-refractivity contribution in [1.29, 1.82) is 0 Å². The quantitative estimate of drug-likeness (QED) is 0.749. The van der Waals surface area contributed by atoms with Crippen LogP contribution in [0.25, 0.3) is 0 Å². The van der Waals surface area contributed by atoms with E-state index in [0.29, 0.717) is 13.0 Å². The predicted molar refractivity (Wildman–Crippen MR) is 87.7 cm³/mol. The number of nitrogens with zero attached hydrogens (tertiary/aromatic N) is 2. The van der Waals surface area contributed by atoms with Gasteiger partial charge in [0, 0.05) is 30.8 Å². The van der Waals surface area contributed by atoms with E-state index < -0.39 is 9.84 Å². The lowest BCUT2D eigenvalue weighted by atomic mass is 9.96. The fourth-order valence-corrected chi connectivity index (χ4v) is 2.36. The zero-order chi connectivity index (χ0) is 16.1. The van der Waals surface area contributed by atoms with Crippen LogP contribution in [0.15, 0.2) is 6.07 Å². The zero-order valence-electron chi connectivity index (χ0n) is 13.5. The van der Waals surface area contributed by atoms with Gasteiger partial charge in [0.25, 0.3) is 0 Å². The first-order valence-corrected chi connectivity index (χ1v) is 9.23. The minimum absolute atomic E-state index is 0.144. The molecule has 0 aromatic carbocycles. The van der Waals surface area contributed by atoms with Crippen LogP contribution in [0.3, 0.4) is 0 Å². The Morgan fingerprint density at radius 3 is 2.19 bits per heavy atom. The molecule has 6 nitrogen and oxygen atoms in total. The van der Waals surface area contributed by atoms with Crippen molar-refractivity contribution in [2.75, 3.05) is 35.7 Å². The number of nitrogens with one attached hydrogen (secondary N) is 2. The van der Waals surface area contributed by atoms with E-state index in [0.717, 1.165) is 24.0 Å². The minimum atomic E-state index is -2.91. The van der Waals surface area contributed by atoms with Crippen molar-refractivity contribution in [3.63, 3.8) is 0 Å². The summed E-state index contributed by atoms with van der Waals surface area (Å²) in [7, 11) is -2.91. The molecule has 0 fully saturated rings. The number of anilines is 2. The third-order valence-electron chi connectivity index (χ3n) is 2.75. The minimum Gasteiger partial charge on any atom is -0.370 e. The first kappa shape index (κ1) is 17.7. The fourth-order valence-electron chi connectivity index (χ4n) is 1.70. The molecule has 21 heavy (non-hydrogen) atoms. The molecule has 0 radical (unpaired) electrons. The normalized spacial score (nSPS) is 12.2. The Balaban J connectivity index is 2.78. The highest BCUT2D eigenvalue weighted by atomic mass is 32.2. The zero-order valence-corrected chi connectivity index (χ0v) is 14.3. The lowest BCUT2D eigenvalue weighted by Crippen LogP contribution is -2.19. The Labute approximate surface area is 127 Å². The predicted octanol–water partition coefficient (Wildman–Crippen LogP) is 2.05. The summed E-state index contributed by atoms with van der Waals surface area (Å²) in [5.41, 5.74) is -0.144. The van der Waals surface area contributed by atoms with Gasteiger partial charge in [-0.25, -0.2) is 18.4 Å². The standard InChI is InChI=1S/C14H26N4O2S/c1-6-15-11-10-12(16-8-7-9-21(5,19)20)18-13(17-11)14(2,3)4/h10H,6-9H2,1-5H3,(H2,15,16,17,18). The maximum absolute atomic E-state index is 11.1. The van der Waals surface area contributed by atoms with Crippen molar-refractivity contribution < 1.29 is 8.42 Å². The van der Waals surface area contributed by atoms with Crippen LogP contribution in [-0.4, -0.2) is 43.5 Å². The van der Waals surface area contributed by atoms with Crippen molar-refractivity contribution in [2.45, 2.75) is 39.5 Å².